The number of hydrogen-bond donors (Lipinski definition) is 1. The summed E-state index contributed by atoms with van der Waals surface area (Å²) < 4.78 is -0.551. The number of para-hydroxylation sites is 1. The minimum atomic E-state index is -0.551. The molecule has 2 aromatic rings. The number of aromatic nitrogens is 1. The highest BCUT2D eigenvalue weighted by Gasteiger charge is 2.23. The Morgan fingerprint density at radius 2 is 2.06 bits per heavy atom. The molecule has 0 radical (unpaired) electrons. The van der Waals surface area contributed by atoms with Gasteiger partial charge in [0.25, 0.3) is 0 Å². The lowest BCUT2D eigenvalue weighted by molar-refractivity contribution is -0.122. The van der Waals surface area contributed by atoms with Crippen LogP contribution in [0.5, 0.6) is 0 Å². The molecule has 1 aromatic heterocycles. The van der Waals surface area contributed by atoms with Crippen LogP contribution in [-0.2, 0) is 11.3 Å². The third kappa shape index (κ3) is 2.88. The maximum absolute atomic E-state index is 11.8. The number of nitrogens with one attached hydrogen (secondary N) is 1. The Bertz CT molecular complexity index is 570. The molecule has 2 rings (SSSR count). The van der Waals surface area contributed by atoms with E-state index >= 15 is 0 Å². The van der Waals surface area contributed by atoms with Gasteiger partial charge >= 0.3 is 0 Å². The SMILES string of the molecule is CC(C)(Br)C(=O)NCc1cccc2cccnc12. The summed E-state index contributed by atoms with van der Waals surface area (Å²) >= 11 is 3.34. The van der Waals surface area contributed by atoms with E-state index in [-0.39, 0.29) is 5.91 Å². The predicted octanol–water partition coefficient (Wildman–Crippen LogP) is 3.02. The summed E-state index contributed by atoms with van der Waals surface area (Å²) in [6, 6.07) is 9.90. The molecule has 0 unspecified atom stereocenters. The number of carbonyl (C=O) groups is 1. The van der Waals surface area contributed by atoms with Gasteiger partial charge in [-0.25, -0.2) is 0 Å². The first-order valence-corrected chi connectivity index (χ1v) is 6.57. The molecule has 0 aliphatic heterocycles. The molecule has 0 aliphatic rings. The lowest BCUT2D eigenvalue weighted by Gasteiger charge is -2.16. The van der Waals surface area contributed by atoms with E-state index in [0.717, 1.165) is 16.5 Å². The van der Waals surface area contributed by atoms with Gasteiger partial charge in [-0.1, -0.05) is 40.2 Å². The molecule has 3 nitrogen and oxygen atoms in total. The lowest BCUT2D eigenvalue weighted by atomic mass is 10.1. The number of halogens is 1. The van der Waals surface area contributed by atoms with Crippen molar-refractivity contribution in [2.45, 2.75) is 24.7 Å². The van der Waals surface area contributed by atoms with Gasteiger partial charge in [0.1, 0.15) is 0 Å². The Morgan fingerprint density at radius 1 is 1.33 bits per heavy atom. The quantitative estimate of drug-likeness (QED) is 0.886. The zero-order valence-corrected chi connectivity index (χ0v) is 12.0. The van der Waals surface area contributed by atoms with Gasteiger partial charge in [0.15, 0.2) is 0 Å². The second-order valence-electron chi connectivity index (χ2n) is 4.65. The molecule has 1 heterocycles. The van der Waals surface area contributed by atoms with Crippen molar-refractivity contribution in [3.05, 3.63) is 42.1 Å². The van der Waals surface area contributed by atoms with E-state index in [1.807, 2.05) is 44.2 Å². The molecule has 1 aromatic carbocycles. The normalized spacial score (nSPS) is 11.5. The first-order valence-electron chi connectivity index (χ1n) is 5.78. The van der Waals surface area contributed by atoms with E-state index in [0.29, 0.717) is 6.54 Å². The van der Waals surface area contributed by atoms with Gasteiger partial charge in [0, 0.05) is 18.1 Å². The Kier molecular flexibility index (Phi) is 3.66. The number of hydrogen-bond acceptors (Lipinski definition) is 2. The molecule has 0 saturated carbocycles. The molecule has 1 N–H and O–H groups in total. The van der Waals surface area contributed by atoms with Crippen molar-refractivity contribution in [2.75, 3.05) is 0 Å². The molecule has 18 heavy (non-hydrogen) atoms. The van der Waals surface area contributed by atoms with E-state index in [2.05, 4.69) is 26.2 Å². The average molecular weight is 307 g/mol. The van der Waals surface area contributed by atoms with Gasteiger partial charge in [0.05, 0.1) is 9.84 Å². The summed E-state index contributed by atoms with van der Waals surface area (Å²) in [5.41, 5.74) is 1.96. The summed E-state index contributed by atoms with van der Waals surface area (Å²) in [6.07, 6.45) is 1.77. The van der Waals surface area contributed by atoms with Gasteiger partial charge < -0.3 is 5.32 Å². The smallest absolute Gasteiger partial charge is 0.236 e. The number of rotatable bonds is 3. The minimum Gasteiger partial charge on any atom is -0.351 e. The van der Waals surface area contributed by atoms with E-state index < -0.39 is 4.32 Å². The highest BCUT2D eigenvalue weighted by atomic mass is 79.9. The largest absolute Gasteiger partial charge is 0.351 e. The molecule has 4 heteroatoms. The fourth-order valence-electron chi connectivity index (χ4n) is 1.70. The zero-order chi connectivity index (χ0) is 13.2. The van der Waals surface area contributed by atoms with Crippen LogP contribution in [0.4, 0.5) is 0 Å². The maximum Gasteiger partial charge on any atom is 0.236 e. The van der Waals surface area contributed by atoms with E-state index in [1.165, 1.54) is 0 Å². The van der Waals surface area contributed by atoms with Crippen molar-refractivity contribution in [3.63, 3.8) is 0 Å². The monoisotopic (exact) mass is 306 g/mol. The van der Waals surface area contributed by atoms with Crippen LogP contribution in [0.2, 0.25) is 0 Å². The third-order valence-corrected chi connectivity index (χ3v) is 3.06. The number of nitrogens with zero attached hydrogens (tertiary/aromatic N) is 1. The van der Waals surface area contributed by atoms with Gasteiger partial charge in [0.2, 0.25) is 5.91 Å². The third-order valence-electron chi connectivity index (χ3n) is 2.70. The Morgan fingerprint density at radius 3 is 2.78 bits per heavy atom. The molecule has 0 saturated heterocycles. The van der Waals surface area contributed by atoms with Crippen molar-refractivity contribution in [1.82, 2.24) is 10.3 Å². The van der Waals surface area contributed by atoms with Crippen LogP contribution < -0.4 is 5.32 Å². The number of carbonyl (C=O) groups excluding carboxylic acids is 1. The second-order valence-corrected chi connectivity index (χ2v) is 6.63. The molecular formula is C14H15BrN2O. The molecule has 94 valence electrons. The van der Waals surface area contributed by atoms with Crippen LogP contribution in [0.1, 0.15) is 19.4 Å². The van der Waals surface area contributed by atoms with E-state index in [1.54, 1.807) is 6.20 Å². The number of amides is 1. The lowest BCUT2D eigenvalue weighted by Crippen LogP contribution is -2.37. The summed E-state index contributed by atoms with van der Waals surface area (Å²) in [6.45, 7) is 4.13. The van der Waals surface area contributed by atoms with Gasteiger partial charge in [-0.15, -0.1) is 0 Å². The maximum atomic E-state index is 11.8. The van der Waals surface area contributed by atoms with Crippen molar-refractivity contribution in [1.29, 1.82) is 0 Å². The topological polar surface area (TPSA) is 42.0 Å². The highest BCUT2D eigenvalue weighted by Crippen LogP contribution is 2.18. The van der Waals surface area contributed by atoms with Crippen molar-refractivity contribution >= 4 is 32.7 Å². The fraction of sp³-hybridized carbons (Fsp3) is 0.286. The second kappa shape index (κ2) is 5.06. The summed E-state index contributed by atoms with van der Waals surface area (Å²) in [5, 5.41) is 3.99. The summed E-state index contributed by atoms with van der Waals surface area (Å²) in [4.78, 5) is 16.2. The Labute approximate surface area is 115 Å². The standard InChI is InChI=1S/C14H15BrN2O/c1-14(2,15)13(18)17-9-11-6-3-5-10-7-4-8-16-12(10)11/h3-8H,9H2,1-2H3,(H,17,18). The fourth-order valence-corrected chi connectivity index (χ4v) is 1.84. The number of alkyl halides is 1. The van der Waals surface area contributed by atoms with Gasteiger partial charge in [-0.3, -0.25) is 9.78 Å². The van der Waals surface area contributed by atoms with Crippen LogP contribution in [0, 0.1) is 0 Å². The van der Waals surface area contributed by atoms with Crippen LogP contribution >= 0.6 is 15.9 Å². The molecule has 0 fully saturated rings. The molecule has 0 bridgehead atoms. The van der Waals surface area contributed by atoms with Crippen molar-refractivity contribution < 1.29 is 4.79 Å². The van der Waals surface area contributed by atoms with E-state index in [9.17, 15) is 4.79 Å². The Hall–Kier alpha value is -1.42. The number of benzene rings is 1. The zero-order valence-electron chi connectivity index (χ0n) is 10.4. The molecular weight excluding hydrogens is 292 g/mol. The first-order chi connectivity index (χ1) is 8.48. The Balaban J connectivity index is 2.20. The minimum absolute atomic E-state index is 0.0320. The predicted molar refractivity (Wildman–Crippen MR) is 76.6 cm³/mol. The van der Waals surface area contributed by atoms with Gasteiger partial charge in [-0.05, 0) is 25.5 Å². The summed E-state index contributed by atoms with van der Waals surface area (Å²) in [5.74, 6) is -0.0320. The van der Waals surface area contributed by atoms with Crippen LogP contribution in [0.15, 0.2) is 36.5 Å². The number of pyridine rings is 1. The molecule has 1 amide bonds. The average Bonchev–Trinajstić information content (AvgIpc) is 2.34. The van der Waals surface area contributed by atoms with Gasteiger partial charge in [-0.2, -0.15) is 0 Å². The number of fused-ring (bicyclic) bond motifs is 1. The van der Waals surface area contributed by atoms with Crippen molar-refractivity contribution in [2.24, 2.45) is 0 Å². The molecule has 0 spiro atoms. The van der Waals surface area contributed by atoms with Crippen LogP contribution in [0.25, 0.3) is 10.9 Å². The molecule has 0 aliphatic carbocycles. The molecule has 0 atom stereocenters. The van der Waals surface area contributed by atoms with E-state index in [4.69, 9.17) is 0 Å². The van der Waals surface area contributed by atoms with Crippen LogP contribution in [-0.4, -0.2) is 15.2 Å². The highest BCUT2D eigenvalue weighted by molar-refractivity contribution is 9.10. The van der Waals surface area contributed by atoms with Crippen molar-refractivity contribution in [3.8, 4) is 0 Å². The van der Waals surface area contributed by atoms with Crippen LogP contribution in [0.3, 0.4) is 0 Å². The summed E-state index contributed by atoms with van der Waals surface area (Å²) in [7, 11) is 0. The first kappa shape index (κ1) is 13.0.